The van der Waals surface area contributed by atoms with Crippen molar-refractivity contribution in [1.29, 1.82) is 0 Å². The third kappa shape index (κ3) is 4.66. The van der Waals surface area contributed by atoms with Crippen LogP contribution in [0.25, 0.3) is 0 Å². The molecule has 7 nitrogen and oxygen atoms in total. The lowest BCUT2D eigenvalue weighted by atomic mass is 10.0. The lowest BCUT2D eigenvalue weighted by Gasteiger charge is -2.27. The molecule has 19 heavy (non-hydrogen) atoms. The molecule has 8 heteroatoms. The molecule has 0 aliphatic carbocycles. The fraction of sp³-hybridized carbons (Fsp3) is 1.00. The number of hydrogen-bond acceptors (Lipinski definition) is 6. The molecule has 3 N–H and O–H groups in total. The molecule has 0 spiro atoms. The van der Waals surface area contributed by atoms with E-state index < -0.39 is 22.2 Å². The molecule has 2 saturated heterocycles. The highest BCUT2D eigenvalue weighted by molar-refractivity contribution is 7.88. The highest BCUT2D eigenvalue weighted by Gasteiger charge is 2.37. The van der Waals surface area contributed by atoms with Gasteiger partial charge in [0.2, 0.25) is 10.0 Å². The van der Waals surface area contributed by atoms with Crippen LogP contribution in [0.5, 0.6) is 0 Å². The highest BCUT2D eigenvalue weighted by atomic mass is 32.2. The molecule has 2 heterocycles. The van der Waals surface area contributed by atoms with Gasteiger partial charge in [-0.1, -0.05) is 0 Å². The predicted molar refractivity (Wildman–Crippen MR) is 69.4 cm³/mol. The van der Waals surface area contributed by atoms with Gasteiger partial charge in [-0.05, 0) is 12.8 Å². The van der Waals surface area contributed by atoms with Gasteiger partial charge in [-0.2, -0.15) is 0 Å². The summed E-state index contributed by atoms with van der Waals surface area (Å²) in [5, 5.41) is 13.5. The minimum absolute atomic E-state index is 0.103. The summed E-state index contributed by atoms with van der Waals surface area (Å²) in [4.78, 5) is 0. The number of aliphatic hydroxyl groups is 1. The van der Waals surface area contributed by atoms with Gasteiger partial charge in [0.25, 0.3) is 0 Å². The van der Waals surface area contributed by atoms with E-state index in [4.69, 9.17) is 9.47 Å². The second-order valence-electron chi connectivity index (χ2n) is 5.14. The summed E-state index contributed by atoms with van der Waals surface area (Å²) in [6.45, 7) is 1.97. The maximum Gasteiger partial charge on any atom is 0.208 e. The largest absolute Gasteiger partial charge is 0.389 e. The Bertz CT molecular complexity index is 383. The van der Waals surface area contributed by atoms with E-state index in [1.807, 2.05) is 0 Å². The molecule has 0 amide bonds. The van der Waals surface area contributed by atoms with E-state index in [9.17, 15) is 13.5 Å². The van der Waals surface area contributed by atoms with E-state index in [1.54, 1.807) is 0 Å². The first kappa shape index (κ1) is 15.1. The fourth-order valence-corrected chi connectivity index (χ4v) is 2.88. The van der Waals surface area contributed by atoms with Crippen LogP contribution in [0, 0.1) is 0 Å². The van der Waals surface area contributed by atoms with Crippen molar-refractivity contribution < 1.29 is 23.0 Å². The fourth-order valence-electron chi connectivity index (χ4n) is 2.41. The average molecular weight is 294 g/mol. The van der Waals surface area contributed by atoms with Crippen LogP contribution in [0.1, 0.15) is 12.8 Å². The van der Waals surface area contributed by atoms with Crippen molar-refractivity contribution in [2.45, 2.75) is 37.1 Å². The Morgan fingerprint density at radius 1 is 1.32 bits per heavy atom. The first-order chi connectivity index (χ1) is 8.96. The normalized spacial score (nSPS) is 33.7. The van der Waals surface area contributed by atoms with Crippen LogP contribution in [0.3, 0.4) is 0 Å². The first-order valence-electron chi connectivity index (χ1n) is 6.54. The van der Waals surface area contributed by atoms with Crippen LogP contribution in [0.4, 0.5) is 0 Å². The van der Waals surface area contributed by atoms with Crippen molar-refractivity contribution in [3.8, 4) is 0 Å². The predicted octanol–water partition coefficient (Wildman–Crippen LogP) is -1.57. The Morgan fingerprint density at radius 2 is 2.00 bits per heavy atom. The molecule has 2 aliphatic rings. The number of sulfonamides is 1. The smallest absolute Gasteiger partial charge is 0.208 e. The molecular weight excluding hydrogens is 272 g/mol. The third-order valence-corrected chi connectivity index (χ3v) is 4.19. The molecule has 2 fully saturated rings. The summed E-state index contributed by atoms with van der Waals surface area (Å²) in [6.07, 6.45) is 1.75. The van der Waals surface area contributed by atoms with E-state index in [-0.39, 0.29) is 12.6 Å². The van der Waals surface area contributed by atoms with E-state index in [1.165, 1.54) is 0 Å². The van der Waals surface area contributed by atoms with Crippen molar-refractivity contribution in [2.24, 2.45) is 0 Å². The van der Waals surface area contributed by atoms with Crippen molar-refractivity contribution in [1.82, 2.24) is 10.0 Å². The summed E-state index contributed by atoms with van der Waals surface area (Å²) in [7, 11) is -3.26. The molecule has 0 aromatic heterocycles. The van der Waals surface area contributed by atoms with Gasteiger partial charge in [0.05, 0.1) is 31.1 Å². The Hall–Kier alpha value is -0.250. The first-order valence-corrected chi connectivity index (χ1v) is 8.43. The van der Waals surface area contributed by atoms with Crippen molar-refractivity contribution in [3.63, 3.8) is 0 Å². The molecule has 2 rings (SSSR count). The van der Waals surface area contributed by atoms with Gasteiger partial charge in [0.1, 0.15) is 0 Å². The third-order valence-electron chi connectivity index (χ3n) is 3.50. The summed E-state index contributed by atoms with van der Waals surface area (Å²) >= 11 is 0. The number of ether oxygens (including phenoxy) is 2. The molecule has 112 valence electrons. The average Bonchev–Trinajstić information content (AvgIpc) is 2.69. The zero-order valence-corrected chi connectivity index (χ0v) is 11.9. The zero-order valence-electron chi connectivity index (χ0n) is 11.0. The van der Waals surface area contributed by atoms with Crippen molar-refractivity contribution >= 4 is 10.0 Å². The molecule has 0 bridgehead atoms. The SMILES string of the molecule is CS(=O)(=O)NC[C@H]1OC[C@@H](NC2CCOCC2)[C@@H]1O. The molecule has 3 atom stereocenters. The highest BCUT2D eigenvalue weighted by Crippen LogP contribution is 2.17. The lowest BCUT2D eigenvalue weighted by molar-refractivity contribution is 0.0416. The van der Waals surface area contributed by atoms with Crippen LogP contribution < -0.4 is 10.0 Å². The zero-order chi connectivity index (χ0) is 13.9. The number of hydrogen-bond donors (Lipinski definition) is 3. The van der Waals surface area contributed by atoms with Crippen LogP contribution in [0.2, 0.25) is 0 Å². The maximum absolute atomic E-state index is 11.0. The minimum atomic E-state index is -3.26. The molecule has 0 radical (unpaired) electrons. The minimum Gasteiger partial charge on any atom is -0.389 e. The number of rotatable bonds is 5. The van der Waals surface area contributed by atoms with Crippen LogP contribution in [0.15, 0.2) is 0 Å². The number of nitrogens with one attached hydrogen (secondary N) is 2. The van der Waals surface area contributed by atoms with Crippen LogP contribution in [-0.4, -0.2) is 70.4 Å². The van der Waals surface area contributed by atoms with E-state index >= 15 is 0 Å². The van der Waals surface area contributed by atoms with Gasteiger partial charge in [0, 0.05) is 25.8 Å². The van der Waals surface area contributed by atoms with Crippen LogP contribution >= 0.6 is 0 Å². The molecule has 0 unspecified atom stereocenters. The summed E-state index contributed by atoms with van der Waals surface area (Å²) in [5.74, 6) is 0. The van der Waals surface area contributed by atoms with Crippen LogP contribution in [-0.2, 0) is 19.5 Å². The molecular formula is C11H22N2O5S. The van der Waals surface area contributed by atoms with E-state index in [0.717, 1.165) is 32.3 Å². The van der Waals surface area contributed by atoms with E-state index in [0.29, 0.717) is 12.6 Å². The Labute approximate surface area is 113 Å². The number of aliphatic hydroxyl groups excluding tert-OH is 1. The van der Waals surface area contributed by atoms with Gasteiger partial charge in [-0.3, -0.25) is 0 Å². The van der Waals surface area contributed by atoms with Gasteiger partial charge in [-0.15, -0.1) is 0 Å². The van der Waals surface area contributed by atoms with Gasteiger partial charge in [0.15, 0.2) is 0 Å². The summed E-state index contributed by atoms with van der Waals surface area (Å²) in [6, 6.07) is 0.188. The topological polar surface area (TPSA) is 96.9 Å². The molecule has 0 aromatic carbocycles. The van der Waals surface area contributed by atoms with Gasteiger partial charge in [-0.25, -0.2) is 13.1 Å². The Morgan fingerprint density at radius 3 is 2.63 bits per heavy atom. The van der Waals surface area contributed by atoms with E-state index in [2.05, 4.69) is 10.0 Å². The monoisotopic (exact) mass is 294 g/mol. The summed E-state index contributed by atoms with van der Waals surface area (Å²) < 4.78 is 35.1. The Balaban J connectivity index is 1.78. The summed E-state index contributed by atoms with van der Waals surface area (Å²) in [5.41, 5.74) is 0. The van der Waals surface area contributed by atoms with Gasteiger partial charge >= 0.3 is 0 Å². The Kier molecular flexibility index (Phi) is 5.15. The lowest BCUT2D eigenvalue weighted by Crippen LogP contribution is -2.49. The second-order valence-corrected chi connectivity index (χ2v) is 6.98. The van der Waals surface area contributed by atoms with Crippen molar-refractivity contribution in [2.75, 3.05) is 32.6 Å². The maximum atomic E-state index is 11.0. The molecule has 0 saturated carbocycles. The van der Waals surface area contributed by atoms with Crippen molar-refractivity contribution in [3.05, 3.63) is 0 Å². The standard InChI is InChI=1S/C11H22N2O5S/c1-19(15,16)12-6-10-11(14)9(7-18-10)13-8-2-4-17-5-3-8/h8-14H,2-7H2,1H3/t9-,10-,11+/m1/s1. The second kappa shape index (κ2) is 6.47. The van der Waals surface area contributed by atoms with Gasteiger partial charge < -0.3 is 19.9 Å². The molecule has 0 aromatic rings. The quantitative estimate of drug-likeness (QED) is 0.567. The molecule has 2 aliphatic heterocycles.